The molecule has 1 atom stereocenters. The molecule has 0 saturated carbocycles. The smallest absolute Gasteiger partial charge is 0.294 e. The molecule has 6 heteroatoms. The molecule has 3 rings (SSSR count). The molecule has 1 amide bonds. The molecule has 6 nitrogen and oxygen atoms in total. The lowest BCUT2D eigenvalue weighted by Crippen LogP contribution is -2.31. The summed E-state index contributed by atoms with van der Waals surface area (Å²) in [6.07, 6.45) is 0. The van der Waals surface area contributed by atoms with E-state index in [0.717, 1.165) is 0 Å². The first kappa shape index (κ1) is 18.5. The molecule has 0 spiro atoms. The summed E-state index contributed by atoms with van der Waals surface area (Å²) in [4.78, 5) is 27.0. The van der Waals surface area contributed by atoms with Crippen LogP contribution < -0.4 is 9.64 Å². The molecule has 0 fully saturated rings. The predicted molar refractivity (Wildman–Crippen MR) is 101 cm³/mol. The van der Waals surface area contributed by atoms with E-state index in [1.54, 1.807) is 56.3 Å². The van der Waals surface area contributed by atoms with Gasteiger partial charge in [-0.25, -0.2) is 0 Å². The highest BCUT2D eigenvalue weighted by molar-refractivity contribution is 6.17. The van der Waals surface area contributed by atoms with Crippen LogP contribution in [0.3, 0.4) is 0 Å². The van der Waals surface area contributed by atoms with Crippen LogP contribution in [0.25, 0.3) is 0 Å². The molecule has 0 saturated heterocycles. The highest BCUT2D eigenvalue weighted by Gasteiger charge is 2.46. The second-order valence-electron chi connectivity index (χ2n) is 6.59. The molecule has 0 aromatic heterocycles. The molecule has 140 valence electrons. The maximum absolute atomic E-state index is 12.9. The van der Waals surface area contributed by atoms with Gasteiger partial charge in [0.05, 0.1) is 24.4 Å². The number of aliphatic hydroxyl groups is 1. The summed E-state index contributed by atoms with van der Waals surface area (Å²) >= 11 is 0. The minimum atomic E-state index is -0.906. The third-order valence-corrected chi connectivity index (χ3v) is 4.57. The molecule has 1 aliphatic heterocycles. The van der Waals surface area contributed by atoms with Gasteiger partial charge in [-0.3, -0.25) is 14.5 Å². The minimum absolute atomic E-state index is 0.00255. The number of benzene rings is 2. The number of nitrogens with zero attached hydrogens (tertiary/aromatic N) is 1. The van der Waals surface area contributed by atoms with Crippen LogP contribution in [-0.4, -0.2) is 29.0 Å². The fraction of sp³-hybridized carbons (Fsp3) is 0.238. The van der Waals surface area contributed by atoms with Crippen LogP contribution in [0.2, 0.25) is 0 Å². The van der Waals surface area contributed by atoms with Crippen LogP contribution in [0.15, 0.2) is 59.9 Å². The lowest BCUT2D eigenvalue weighted by Gasteiger charge is -2.28. The second kappa shape index (κ2) is 7.15. The zero-order chi connectivity index (χ0) is 19.7. The number of anilines is 1. The van der Waals surface area contributed by atoms with Crippen molar-refractivity contribution in [2.45, 2.75) is 19.9 Å². The van der Waals surface area contributed by atoms with Gasteiger partial charge in [0.2, 0.25) is 0 Å². The van der Waals surface area contributed by atoms with E-state index in [-0.39, 0.29) is 22.8 Å². The van der Waals surface area contributed by atoms with E-state index in [0.29, 0.717) is 11.3 Å². The van der Waals surface area contributed by atoms with Crippen molar-refractivity contribution in [1.29, 1.82) is 0 Å². The van der Waals surface area contributed by atoms with Gasteiger partial charge < -0.3 is 14.9 Å². The zero-order valence-corrected chi connectivity index (χ0v) is 15.3. The summed E-state index contributed by atoms with van der Waals surface area (Å²) in [6.45, 7) is 3.41. The molecule has 0 aliphatic carbocycles. The summed E-state index contributed by atoms with van der Waals surface area (Å²) < 4.78 is 5.42. The van der Waals surface area contributed by atoms with Gasteiger partial charge in [0.25, 0.3) is 5.91 Å². The maximum atomic E-state index is 12.9. The van der Waals surface area contributed by atoms with Crippen LogP contribution in [0.5, 0.6) is 11.5 Å². The number of phenols is 1. The summed E-state index contributed by atoms with van der Waals surface area (Å²) in [5, 5.41) is 20.8. The molecule has 1 unspecified atom stereocenters. The molecule has 2 aromatic rings. The highest BCUT2D eigenvalue weighted by atomic mass is 16.5. The van der Waals surface area contributed by atoms with E-state index in [9.17, 15) is 19.8 Å². The first-order valence-electron chi connectivity index (χ1n) is 8.60. The van der Waals surface area contributed by atoms with Gasteiger partial charge in [0.1, 0.15) is 11.5 Å². The van der Waals surface area contributed by atoms with Crippen LogP contribution in [0.4, 0.5) is 5.69 Å². The van der Waals surface area contributed by atoms with Crippen molar-refractivity contribution in [2.75, 3.05) is 12.0 Å². The van der Waals surface area contributed by atoms with Crippen LogP contribution in [0, 0.1) is 5.92 Å². The Morgan fingerprint density at radius 3 is 2.33 bits per heavy atom. The quantitative estimate of drug-likeness (QED) is 0.844. The van der Waals surface area contributed by atoms with Gasteiger partial charge in [-0.2, -0.15) is 0 Å². The van der Waals surface area contributed by atoms with Gasteiger partial charge in [-0.1, -0.05) is 44.2 Å². The first-order valence-corrected chi connectivity index (χ1v) is 8.60. The van der Waals surface area contributed by atoms with Crippen molar-refractivity contribution in [1.82, 2.24) is 0 Å². The molecule has 1 aliphatic rings. The molecule has 0 radical (unpaired) electrons. The topological polar surface area (TPSA) is 87.1 Å². The van der Waals surface area contributed by atoms with Crippen molar-refractivity contribution in [3.05, 3.63) is 65.4 Å². The van der Waals surface area contributed by atoms with Crippen LogP contribution in [0.1, 0.15) is 25.5 Å². The van der Waals surface area contributed by atoms with Crippen molar-refractivity contribution >= 4 is 17.4 Å². The molecular weight excluding hydrogens is 346 g/mol. The Balaban J connectivity index is 2.27. The summed E-state index contributed by atoms with van der Waals surface area (Å²) in [7, 11) is 1.49. The van der Waals surface area contributed by atoms with Crippen molar-refractivity contribution in [2.24, 2.45) is 5.92 Å². The number of hydrogen-bond acceptors (Lipinski definition) is 5. The number of para-hydroxylation sites is 3. The summed E-state index contributed by atoms with van der Waals surface area (Å²) in [6, 6.07) is 12.4. The number of ether oxygens (including phenoxy) is 1. The number of hydrogen-bond donors (Lipinski definition) is 2. The van der Waals surface area contributed by atoms with E-state index in [1.165, 1.54) is 18.1 Å². The van der Waals surface area contributed by atoms with Crippen molar-refractivity contribution < 1.29 is 24.5 Å². The van der Waals surface area contributed by atoms with Gasteiger partial charge in [-0.15, -0.1) is 0 Å². The predicted octanol–water partition coefficient (Wildman–Crippen LogP) is 3.53. The maximum Gasteiger partial charge on any atom is 0.294 e. The fourth-order valence-corrected chi connectivity index (χ4v) is 3.27. The van der Waals surface area contributed by atoms with Crippen molar-refractivity contribution in [3.63, 3.8) is 0 Å². The number of ketones is 1. The minimum Gasteiger partial charge on any atom is -0.506 e. The van der Waals surface area contributed by atoms with E-state index < -0.39 is 23.6 Å². The molecule has 2 N–H and O–H groups in total. The SMILES string of the molecule is COc1ccccc1C1C(C(=O)C(C)C)=C(O)C(=O)N1c1ccccc1O. The fourth-order valence-electron chi connectivity index (χ4n) is 3.27. The average Bonchev–Trinajstić information content (AvgIpc) is 2.92. The highest BCUT2D eigenvalue weighted by Crippen LogP contribution is 2.46. The number of amides is 1. The second-order valence-corrected chi connectivity index (χ2v) is 6.59. The van der Waals surface area contributed by atoms with Gasteiger partial charge in [0.15, 0.2) is 11.5 Å². The van der Waals surface area contributed by atoms with Crippen LogP contribution in [-0.2, 0) is 9.59 Å². The number of Topliss-reactive ketones (excluding diaryl/α,β-unsaturated/α-hetero) is 1. The Morgan fingerprint density at radius 1 is 1.07 bits per heavy atom. The Hall–Kier alpha value is -3.28. The number of rotatable bonds is 5. The number of aromatic hydroxyl groups is 1. The number of carbonyl (C=O) groups excluding carboxylic acids is 2. The van der Waals surface area contributed by atoms with Gasteiger partial charge >= 0.3 is 0 Å². The Morgan fingerprint density at radius 2 is 1.70 bits per heavy atom. The molecule has 27 heavy (non-hydrogen) atoms. The number of aliphatic hydroxyl groups excluding tert-OH is 1. The largest absolute Gasteiger partial charge is 0.506 e. The Bertz CT molecular complexity index is 932. The Labute approximate surface area is 157 Å². The normalized spacial score (nSPS) is 17.0. The standard InChI is InChI=1S/C21H21NO5/c1-12(2)19(24)17-18(13-8-4-7-11-16(13)27-3)22(21(26)20(17)25)14-9-5-6-10-15(14)23/h4-12,18,23,25H,1-3H3. The third kappa shape index (κ3) is 3.03. The monoisotopic (exact) mass is 367 g/mol. The van der Waals surface area contributed by atoms with Gasteiger partial charge in [-0.05, 0) is 18.2 Å². The van der Waals surface area contributed by atoms with Crippen LogP contribution >= 0.6 is 0 Å². The number of carbonyl (C=O) groups is 2. The summed E-state index contributed by atoms with van der Waals surface area (Å²) in [5.41, 5.74) is 0.754. The lowest BCUT2D eigenvalue weighted by atomic mass is 9.90. The van der Waals surface area contributed by atoms with Crippen molar-refractivity contribution in [3.8, 4) is 11.5 Å². The Kier molecular flexibility index (Phi) is 4.90. The van der Waals surface area contributed by atoms with E-state index in [4.69, 9.17) is 4.74 Å². The number of phenolic OH excluding ortho intramolecular Hbond substituents is 1. The number of methoxy groups -OCH3 is 1. The summed E-state index contributed by atoms with van der Waals surface area (Å²) in [5.74, 6) is -1.76. The van der Waals surface area contributed by atoms with E-state index >= 15 is 0 Å². The zero-order valence-electron chi connectivity index (χ0n) is 15.3. The molecular formula is C21H21NO5. The third-order valence-electron chi connectivity index (χ3n) is 4.57. The van der Waals surface area contributed by atoms with E-state index in [1.807, 2.05) is 0 Å². The average molecular weight is 367 g/mol. The molecule has 2 aromatic carbocycles. The van der Waals surface area contributed by atoms with E-state index in [2.05, 4.69) is 0 Å². The molecule has 0 bridgehead atoms. The van der Waals surface area contributed by atoms with Gasteiger partial charge in [0, 0.05) is 11.5 Å². The lowest BCUT2D eigenvalue weighted by molar-refractivity contribution is -0.119. The molecule has 1 heterocycles. The first-order chi connectivity index (χ1) is 12.9.